The molecule has 1 fully saturated rings. The third-order valence-corrected chi connectivity index (χ3v) is 8.20. The lowest BCUT2D eigenvalue weighted by atomic mass is 9.90. The van der Waals surface area contributed by atoms with Crippen molar-refractivity contribution in [1.29, 1.82) is 0 Å². The molecule has 1 unspecified atom stereocenters. The van der Waals surface area contributed by atoms with E-state index in [1.807, 2.05) is 41.3 Å². The number of hydrogen-bond acceptors (Lipinski definition) is 5. The van der Waals surface area contributed by atoms with Gasteiger partial charge in [0.15, 0.2) is 0 Å². The van der Waals surface area contributed by atoms with Gasteiger partial charge in [0, 0.05) is 54.2 Å². The molecule has 0 aliphatic carbocycles. The maximum atomic E-state index is 14.2. The normalized spacial score (nSPS) is 14.7. The Morgan fingerprint density at radius 3 is 2.30 bits per heavy atom. The zero-order valence-electron chi connectivity index (χ0n) is 24.6. The number of alkyl halides is 3. The van der Waals surface area contributed by atoms with Crippen LogP contribution in [0, 0.1) is 5.92 Å². The van der Waals surface area contributed by atoms with Gasteiger partial charge in [-0.2, -0.15) is 13.2 Å². The van der Waals surface area contributed by atoms with E-state index in [9.17, 15) is 18.0 Å². The Morgan fingerprint density at radius 2 is 1.65 bits per heavy atom. The van der Waals surface area contributed by atoms with Gasteiger partial charge >= 0.3 is 6.18 Å². The highest BCUT2D eigenvalue weighted by molar-refractivity contribution is 6.00. The summed E-state index contributed by atoms with van der Waals surface area (Å²) in [5, 5.41) is 1.53. The van der Waals surface area contributed by atoms with Gasteiger partial charge in [0.25, 0.3) is 5.91 Å². The highest BCUT2D eigenvalue weighted by Crippen LogP contribution is 2.35. The molecule has 1 aliphatic heterocycles. The van der Waals surface area contributed by atoms with Gasteiger partial charge in [-0.25, -0.2) is 0 Å². The Balaban J connectivity index is 1.43. The third-order valence-electron chi connectivity index (χ3n) is 8.20. The molecule has 1 aliphatic rings. The van der Waals surface area contributed by atoms with Gasteiger partial charge in [0.05, 0.1) is 19.8 Å². The molecule has 1 heterocycles. The molecule has 0 saturated carbocycles. The number of benzene rings is 4. The third kappa shape index (κ3) is 6.57. The summed E-state index contributed by atoms with van der Waals surface area (Å²) < 4.78 is 55.9. The van der Waals surface area contributed by atoms with Crippen LogP contribution in [0.15, 0.2) is 78.9 Å². The van der Waals surface area contributed by atoms with Crippen LogP contribution in [0.4, 0.5) is 13.2 Å². The number of ether oxygens (including phenoxy) is 3. The predicted octanol–water partition coefficient (Wildman–Crippen LogP) is 7.65. The van der Waals surface area contributed by atoms with Gasteiger partial charge in [0.1, 0.15) is 23.0 Å². The Bertz CT molecular complexity index is 1580. The first-order valence-electron chi connectivity index (χ1n) is 14.2. The Kier molecular flexibility index (Phi) is 8.82. The molecule has 0 radical (unpaired) electrons. The summed E-state index contributed by atoms with van der Waals surface area (Å²) in [5.41, 5.74) is 0.671. The molecule has 9 heteroatoms. The fraction of sp³-hybridized carbons (Fsp3) is 0.324. The summed E-state index contributed by atoms with van der Waals surface area (Å²) in [6.45, 7) is 7.45. The van der Waals surface area contributed by atoms with E-state index in [1.54, 1.807) is 32.4 Å². The molecular formula is C34H35F3N2O4. The van der Waals surface area contributed by atoms with E-state index in [0.717, 1.165) is 48.1 Å². The number of carbonyl (C=O) groups excluding carboxylic acids is 1. The van der Waals surface area contributed by atoms with E-state index in [2.05, 4.69) is 18.7 Å². The summed E-state index contributed by atoms with van der Waals surface area (Å²) in [4.78, 5) is 18.4. The minimum atomic E-state index is -4.42. The van der Waals surface area contributed by atoms with Gasteiger partial charge in [-0.05, 0) is 79.5 Å². The summed E-state index contributed by atoms with van der Waals surface area (Å²) in [6, 6.07) is 21.0. The lowest BCUT2D eigenvalue weighted by Gasteiger charge is -2.45. The van der Waals surface area contributed by atoms with E-state index in [-0.39, 0.29) is 17.7 Å². The molecule has 226 valence electrons. The van der Waals surface area contributed by atoms with Crippen LogP contribution in [0.25, 0.3) is 10.8 Å². The minimum Gasteiger partial charge on any atom is -0.497 e. The van der Waals surface area contributed by atoms with E-state index in [4.69, 9.17) is 14.2 Å². The fourth-order valence-electron chi connectivity index (χ4n) is 5.48. The quantitative estimate of drug-likeness (QED) is 0.189. The maximum absolute atomic E-state index is 14.2. The van der Waals surface area contributed by atoms with Crippen LogP contribution in [0.1, 0.15) is 35.3 Å². The lowest BCUT2D eigenvalue weighted by Crippen LogP contribution is -2.56. The average Bonchev–Trinajstić information content (AvgIpc) is 2.98. The van der Waals surface area contributed by atoms with Gasteiger partial charge in [-0.1, -0.05) is 19.1 Å². The SMILES string of the molecule is CCN1CC(C(C)N(Cc2ccc(OC)cc2OC)C(=O)c2ccc3c(Oc4ccc(C(F)(F)F)cc4)cccc3c2)C1. The van der Waals surface area contributed by atoms with Crippen LogP contribution >= 0.6 is 0 Å². The highest BCUT2D eigenvalue weighted by Gasteiger charge is 2.36. The maximum Gasteiger partial charge on any atom is 0.416 e. The summed E-state index contributed by atoms with van der Waals surface area (Å²) in [6.07, 6.45) is -4.42. The van der Waals surface area contributed by atoms with E-state index < -0.39 is 11.7 Å². The van der Waals surface area contributed by atoms with Crippen LogP contribution in [-0.4, -0.2) is 55.6 Å². The highest BCUT2D eigenvalue weighted by atomic mass is 19.4. The van der Waals surface area contributed by atoms with Gasteiger partial charge in [-0.15, -0.1) is 0 Å². The molecule has 0 N–H and O–H groups in total. The number of fused-ring (bicyclic) bond motifs is 1. The molecule has 4 aromatic rings. The number of rotatable bonds is 10. The van der Waals surface area contributed by atoms with Crippen LogP contribution in [0.3, 0.4) is 0 Å². The monoisotopic (exact) mass is 592 g/mol. The molecule has 0 spiro atoms. The first-order valence-corrected chi connectivity index (χ1v) is 14.2. The van der Waals surface area contributed by atoms with Gasteiger partial charge in [0.2, 0.25) is 0 Å². The summed E-state index contributed by atoms with van der Waals surface area (Å²) >= 11 is 0. The smallest absolute Gasteiger partial charge is 0.416 e. The van der Waals surface area contributed by atoms with E-state index in [1.165, 1.54) is 12.1 Å². The van der Waals surface area contributed by atoms with Crippen molar-refractivity contribution in [3.05, 3.63) is 95.6 Å². The second-order valence-electron chi connectivity index (χ2n) is 10.8. The zero-order valence-corrected chi connectivity index (χ0v) is 24.6. The molecule has 43 heavy (non-hydrogen) atoms. The number of halogens is 3. The molecule has 1 amide bonds. The van der Waals surface area contributed by atoms with Crippen molar-refractivity contribution in [1.82, 2.24) is 9.80 Å². The molecule has 6 nitrogen and oxygen atoms in total. The number of nitrogens with zero attached hydrogens (tertiary/aromatic N) is 2. The standard InChI is InChI=1S/C34H35F3N2O4/c1-5-38-19-26(20-38)22(2)39(21-25-9-13-29(41-3)18-32(25)42-4)33(40)24-10-16-30-23(17-24)7-6-8-31(30)43-28-14-11-27(12-15-28)34(35,36)37/h6-18,22,26H,5,19-21H2,1-4H3. The Labute approximate surface area is 249 Å². The molecule has 5 rings (SSSR count). The van der Waals surface area contributed by atoms with Crippen molar-refractivity contribution in [3.8, 4) is 23.0 Å². The number of hydrogen-bond donors (Lipinski definition) is 0. The molecule has 1 atom stereocenters. The van der Waals surface area contributed by atoms with E-state index >= 15 is 0 Å². The largest absolute Gasteiger partial charge is 0.497 e. The number of amides is 1. The topological polar surface area (TPSA) is 51.2 Å². The molecular weight excluding hydrogens is 557 g/mol. The van der Waals surface area contributed by atoms with Crippen molar-refractivity contribution in [2.45, 2.75) is 32.6 Å². The first-order chi connectivity index (χ1) is 20.6. The number of methoxy groups -OCH3 is 2. The Morgan fingerprint density at radius 1 is 0.930 bits per heavy atom. The second kappa shape index (κ2) is 12.6. The van der Waals surface area contributed by atoms with Crippen molar-refractivity contribution >= 4 is 16.7 Å². The Hall–Kier alpha value is -4.24. The van der Waals surface area contributed by atoms with Crippen molar-refractivity contribution in [3.63, 3.8) is 0 Å². The van der Waals surface area contributed by atoms with Crippen LogP contribution < -0.4 is 14.2 Å². The van der Waals surface area contributed by atoms with Crippen LogP contribution in [0.2, 0.25) is 0 Å². The first kappa shape index (κ1) is 30.2. The molecule has 0 bridgehead atoms. The zero-order chi connectivity index (χ0) is 30.7. The van der Waals surface area contributed by atoms with Crippen LogP contribution in [0.5, 0.6) is 23.0 Å². The molecule has 0 aromatic heterocycles. The average molecular weight is 593 g/mol. The van der Waals surface area contributed by atoms with Gasteiger partial charge < -0.3 is 24.0 Å². The van der Waals surface area contributed by atoms with E-state index in [0.29, 0.717) is 35.3 Å². The second-order valence-corrected chi connectivity index (χ2v) is 10.8. The summed E-state index contributed by atoms with van der Waals surface area (Å²) in [5.74, 6) is 2.34. The summed E-state index contributed by atoms with van der Waals surface area (Å²) in [7, 11) is 3.20. The van der Waals surface area contributed by atoms with Crippen molar-refractivity contribution in [2.24, 2.45) is 5.92 Å². The number of carbonyl (C=O) groups is 1. The molecule has 4 aromatic carbocycles. The van der Waals surface area contributed by atoms with Crippen molar-refractivity contribution < 1.29 is 32.2 Å². The number of likely N-dealkylation sites (tertiary alicyclic amines) is 1. The fourth-order valence-corrected chi connectivity index (χ4v) is 5.48. The molecule has 1 saturated heterocycles. The lowest BCUT2D eigenvalue weighted by molar-refractivity contribution is -0.137. The predicted molar refractivity (Wildman–Crippen MR) is 160 cm³/mol. The minimum absolute atomic E-state index is 0.0212. The van der Waals surface area contributed by atoms with Gasteiger partial charge in [-0.3, -0.25) is 4.79 Å². The van der Waals surface area contributed by atoms with Crippen LogP contribution in [-0.2, 0) is 12.7 Å². The van der Waals surface area contributed by atoms with Crippen molar-refractivity contribution in [2.75, 3.05) is 33.9 Å².